The average molecular weight is 460 g/mol. The van der Waals surface area contributed by atoms with Gasteiger partial charge in [0.05, 0.1) is 20.3 Å². The molecule has 2 atom stereocenters. The van der Waals surface area contributed by atoms with Crippen LogP contribution in [0.2, 0.25) is 0 Å². The lowest BCUT2D eigenvalue weighted by atomic mass is 9.83. The number of nitrogens with zero attached hydrogens (tertiary/aromatic N) is 1. The monoisotopic (exact) mass is 459 g/mol. The fraction of sp³-hybridized carbons (Fsp3) is 0.583. The highest BCUT2D eigenvalue weighted by Crippen LogP contribution is 2.28. The second-order valence-corrected chi connectivity index (χ2v) is 8.62. The van der Waals surface area contributed by atoms with Gasteiger partial charge in [-0.3, -0.25) is 9.59 Å². The maximum atomic E-state index is 12.8. The van der Waals surface area contributed by atoms with Gasteiger partial charge in [-0.2, -0.15) is 5.26 Å². The Bertz CT molecular complexity index is 880. The molecule has 0 spiro atoms. The van der Waals surface area contributed by atoms with Crippen molar-refractivity contribution in [1.82, 2.24) is 10.6 Å². The smallest absolute Gasteiger partial charge is 0.329 e. The van der Waals surface area contributed by atoms with Gasteiger partial charge in [-0.25, -0.2) is 4.79 Å². The number of nitrogens with one attached hydrogen (secondary N) is 2. The summed E-state index contributed by atoms with van der Waals surface area (Å²) in [6.07, 6.45) is 2.78. The van der Waals surface area contributed by atoms with Crippen LogP contribution in [0, 0.1) is 17.2 Å². The molecular formula is C24H33N3O6. The Balaban J connectivity index is 2.06. The summed E-state index contributed by atoms with van der Waals surface area (Å²) in [5, 5.41) is 15.0. The SMILES string of the molecule is COc1cc(OC)cc(C(=O)N[C@H](C(=O)OC(C)C(=O)NC2(C#N)CCCCC2)C(C)C)c1. The van der Waals surface area contributed by atoms with Crippen molar-refractivity contribution in [2.24, 2.45) is 5.92 Å². The topological polar surface area (TPSA) is 127 Å². The zero-order valence-electron chi connectivity index (χ0n) is 19.9. The molecule has 0 heterocycles. The van der Waals surface area contributed by atoms with Gasteiger partial charge < -0.3 is 24.8 Å². The number of carbonyl (C=O) groups excluding carboxylic acids is 3. The first-order chi connectivity index (χ1) is 15.6. The molecule has 0 aromatic heterocycles. The average Bonchev–Trinajstić information content (AvgIpc) is 2.81. The normalized spacial score (nSPS) is 16.6. The summed E-state index contributed by atoms with van der Waals surface area (Å²) in [5.41, 5.74) is -0.670. The molecule has 9 heteroatoms. The summed E-state index contributed by atoms with van der Waals surface area (Å²) in [4.78, 5) is 38.3. The van der Waals surface area contributed by atoms with Gasteiger partial charge in [-0.1, -0.05) is 33.1 Å². The minimum Gasteiger partial charge on any atom is -0.497 e. The van der Waals surface area contributed by atoms with Crippen LogP contribution in [0.25, 0.3) is 0 Å². The Morgan fingerprint density at radius 3 is 2.06 bits per heavy atom. The maximum absolute atomic E-state index is 12.8. The second-order valence-electron chi connectivity index (χ2n) is 8.62. The van der Waals surface area contributed by atoms with Crippen LogP contribution in [0.1, 0.15) is 63.2 Å². The summed E-state index contributed by atoms with van der Waals surface area (Å²) in [7, 11) is 2.95. The van der Waals surface area contributed by atoms with E-state index in [-0.39, 0.29) is 11.5 Å². The number of methoxy groups -OCH3 is 2. The number of benzene rings is 1. The van der Waals surface area contributed by atoms with Crippen molar-refractivity contribution in [3.8, 4) is 17.6 Å². The number of rotatable bonds is 9. The molecule has 1 unspecified atom stereocenters. The number of carbonyl (C=O) groups is 3. The minimum atomic E-state index is -1.11. The summed E-state index contributed by atoms with van der Waals surface area (Å²) in [6, 6.07) is 5.92. The maximum Gasteiger partial charge on any atom is 0.329 e. The number of hydrogen-bond donors (Lipinski definition) is 2. The zero-order valence-corrected chi connectivity index (χ0v) is 19.9. The minimum absolute atomic E-state index is 0.253. The molecule has 1 aromatic carbocycles. The Morgan fingerprint density at radius 1 is 1.00 bits per heavy atom. The largest absolute Gasteiger partial charge is 0.497 e. The van der Waals surface area contributed by atoms with Crippen molar-refractivity contribution >= 4 is 17.8 Å². The van der Waals surface area contributed by atoms with Crippen molar-refractivity contribution in [3.05, 3.63) is 23.8 Å². The fourth-order valence-electron chi connectivity index (χ4n) is 3.72. The van der Waals surface area contributed by atoms with E-state index in [4.69, 9.17) is 14.2 Å². The molecular weight excluding hydrogens is 426 g/mol. The second kappa shape index (κ2) is 11.5. The summed E-state index contributed by atoms with van der Waals surface area (Å²) in [5.74, 6) is -1.20. The molecule has 1 aliphatic rings. The van der Waals surface area contributed by atoms with Gasteiger partial charge in [0.25, 0.3) is 11.8 Å². The third-order valence-electron chi connectivity index (χ3n) is 5.77. The van der Waals surface area contributed by atoms with E-state index >= 15 is 0 Å². The Labute approximate surface area is 194 Å². The van der Waals surface area contributed by atoms with Crippen LogP contribution in [0.15, 0.2) is 18.2 Å². The molecule has 1 aromatic rings. The van der Waals surface area contributed by atoms with Gasteiger partial charge in [0.15, 0.2) is 6.10 Å². The first kappa shape index (κ1) is 26.0. The highest BCUT2D eigenvalue weighted by Gasteiger charge is 2.36. The predicted molar refractivity (Wildman–Crippen MR) is 121 cm³/mol. The van der Waals surface area contributed by atoms with Crippen LogP contribution in [-0.4, -0.2) is 49.7 Å². The van der Waals surface area contributed by atoms with E-state index in [0.717, 1.165) is 19.3 Å². The van der Waals surface area contributed by atoms with Gasteiger partial charge in [-0.15, -0.1) is 0 Å². The first-order valence-electron chi connectivity index (χ1n) is 11.1. The van der Waals surface area contributed by atoms with Crippen molar-refractivity contribution in [2.45, 2.75) is 70.6 Å². The highest BCUT2D eigenvalue weighted by atomic mass is 16.5. The quantitative estimate of drug-likeness (QED) is 0.544. The van der Waals surface area contributed by atoms with E-state index in [1.807, 2.05) is 0 Å². The molecule has 180 valence electrons. The third-order valence-corrected chi connectivity index (χ3v) is 5.77. The van der Waals surface area contributed by atoms with Gasteiger partial charge in [0.2, 0.25) is 0 Å². The molecule has 1 fully saturated rings. The van der Waals surface area contributed by atoms with Crippen LogP contribution >= 0.6 is 0 Å². The molecule has 0 aliphatic heterocycles. The molecule has 0 radical (unpaired) electrons. The van der Waals surface area contributed by atoms with Crippen LogP contribution in [0.4, 0.5) is 0 Å². The van der Waals surface area contributed by atoms with Crippen molar-refractivity contribution in [1.29, 1.82) is 5.26 Å². The van der Waals surface area contributed by atoms with Gasteiger partial charge >= 0.3 is 5.97 Å². The van der Waals surface area contributed by atoms with Crippen molar-refractivity contribution in [3.63, 3.8) is 0 Å². The predicted octanol–water partition coefficient (Wildman–Crippen LogP) is 2.73. The fourth-order valence-corrected chi connectivity index (χ4v) is 3.72. The van der Waals surface area contributed by atoms with Crippen LogP contribution in [0.3, 0.4) is 0 Å². The Morgan fingerprint density at radius 2 is 1.58 bits per heavy atom. The van der Waals surface area contributed by atoms with Crippen LogP contribution < -0.4 is 20.1 Å². The number of ether oxygens (including phenoxy) is 3. The van der Waals surface area contributed by atoms with E-state index in [9.17, 15) is 19.6 Å². The lowest BCUT2D eigenvalue weighted by Crippen LogP contribution is -2.53. The summed E-state index contributed by atoms with van der Waals surface area (Å²) >= 11 is 0. The number of esters is 1. The van der Waals surface area contributed by atoms with E-state index < -0.39 is 35.5 Å². The van der Waals surface area contributed by atoms with Gasteiger partial charge in [0, 0.05) is 11.6 Å². The molecule has 0 bridgehead atoms. The van der Waals surface area contributed by atoms with E-state index in [1.54, 1.807) is 19.9 Å². The summed E-state index contributed by atoms with van der Waals surface area (Å²) < 4.78 is 15.7. The summed E-state index contributed by atoms with van der Waals surface area (Å²) in [6.45, 7) is 4.97. The lowest BCUT2D eigenvalue weighted by molar-refractivity contribution is -0.158. The van der Waals surface area contributed by atoms with Crippen molar-refractivity contribution < 1.29 is 28.6 Å². The molecule has 2 N–H and O–H groups in total. The molecule has 1 saturated carbocycles. The number of hydrogen-bond acceptors (Lipinski definition) is 7. The molecule has 33 heavy (non-hydrogen) atoms. The van der Waals surface area contributed by atoms with Crippen molar-refractivity contribution in [2.75, 3.05) is 14.2 Å². The van der Waals surface area contributed by atoms with Crippen LogP contribution in [-0.2, 0) is 14.3 Å². The Hall–Kier alpha value is -3.28. The molecule has 1 aliphatic carbocycles. The van der Waals surface area contributed by atoms with Gasteiger partial charge in [-0.05, 0) is 37.8 Å². The number of nitriles is 1. The molecule has 2 amide bonds. The lowest BCUT2D eigenvalue weighted by Gasteiger charge is -2.32. The first-order valence-corrected chi connectivity index (χ1v) is 11.1. The highest BCUT2D eigenvalue weighted by molar-refractivity contribution is 5.98. The zero-order chi connectivity index (χ0) is 24.6. The van der Waals surface area contributed by atoms with E-state index in [0.29, 0.717) is 24.3 Å². The Kier molecular flexibility index (Phi) is 9.09. The van der Waals surface area contributed by atoms with Gasteiger partial charge in [0.1, 0.15) is 23.1 Å². The third kappa shape index (κ3) is 6.85. The molecule has 2 rings (SSSR count). The number of amides is 2. The molecule has 9 nitrogen and oxygen atoms in total. The van der Waals surface area contributed by atoms with E-state index in [1.165, 1.54) is 33.3 Å². The standard InChI is InChI=1S/C24H33N3O6/c1-15(2)20(26-22(29)17-11-18(31-4)13-19(12-17)32-5)23(30)33-16(3)21(28)27-24(14-25)9-7-6-8-10-24/h11-13,15-16,20H,6-10H2,1-5H3,(H,26,29)(H,27,28)/t16?,20-/m0/s1. The van der Waals surface area contributed by atoms with E-state index in [2.05, 4.69) is 16.7 Å². The van der Waals surface area contributed by atoms with Crippen LogP contribution in [0.5, 0.6) is 11.5 Å². The molecule has 0 saturated heterocycles.